The quantitative estimate of drug-likeness (QED) is 0.781. The molecule has 22 heavy (non-hydrogen) atoms. The minimum atomic E-state index is -1.38. The van der Waals surface area contributed by atoms with E-state index < -0.39 is 23.8 Å². The molecule has 0 aliphatic carbocycles. The molecule has 0 fully saturated rings. The second-order valence-corrected chi connectivity index (χ2v) is 4.56. The van der Waals surface area contributed by atoms with Gasteiger partial charge in [0, 0.05) is 0 Å². The van der Waals surface area contributed by atoms with E-state index in [0.717, 1.165) is 0 Å². The second kappa shape index (κ2) is 6.09. The van der Waals surface area contributed by atoms with Crippen LogP contribution < -0.4 is 0 Å². The van der Waals surface area contributed by atoms with Gasteiger partial charge < -0.3 is 15.3 Å². The smallest absolute Gasteiger partial charge is 0.336 e. The molecule has 112 valence electrons. The Morgan fingerprint density at radius 2 is 1.05 bits per heavy atom. The van der Waals surface area contributed by atoms with Gasteiger partial charge >= 0.3 is 17.9 Å². The van der Waals surface area contributed by atoms with E-state index >= 15 is 0 Å². The highest BCUT2D eigenvalue weighted by Gasteiger charge is 2.29. The number of hydrogen-bond donors (Lipinski definition) is 3. The fraction of sp³-hybridized carbons (Fsp3) is 0.0625. The Morgan fingerprint density at radius 1 is 0.682 bits per heavy atom. The standard InChI is InChI=1S/C16H12O6/c17-14(18)11-7-3-1-5-9(11)13(16(21)22)10-6-2-4-8-12(10)15(19)20/h1-8,13H,(H,17,18)(H,19,20)(H,21,22). The summed E-state index contributed by atoms with van der Waals surface area (Å²) in [5, 5.41) is 27.9. The Kier molecular flexibility index (Phi) is 4.22. The van der Waals surface area contributed by atoms with Crippen molar-refractivity contribution in [3.63, 3.8) is 0 Å². The molecule has 0 aromatic heterocycles. The lowest BCUT2D eigenvalue weighted by Crippen LogP contribution is -2.19. The highest BCUT2D eigenvalue weighted by Crippen LogP contribution is 2.30. The lowest BCUT2D eigenvalue weighted by molar-refractivity contribution is -0.137. The van der Waals surface area contributed by atoms with Crippen molar-refractivity contribution in [1.29, 1.82) is 0 Å². The maximum atomic E-state index is 11.7. The van der Waals surface area contributed by atoms with Crippen molar-refractivity contribution in [3.05, 3.63) is 70.8 Å². The van der Waals surface area contributed by atoms with Crippen LogP contribution in [0.1, 0.15) is 37.8 Å². The number of aromatic carboxylic acids is 2. The van der Waals surface area contributed by atoms with Crippen molar-refractivity contribution < 1.29 is 29.7 Å². The zero-order valence-corrected chi connectivity index (χ0v) is 11.3. The summed E-state index contributed by atoms with van der Waals surface area (Å²) in [5.41, 5.74) is -0.266. The molecule has 0 aliphatic heterocycles. The van der Waals surface area contributed by atoms with Gasteiger partial charge in [0.25, 0.3) is 0 Å². The lowest BCUT2D eigenvalue weighted by atomic mass is 9.85. The number of benzene rings is 2. The van der Waals surface area contributed by atoms with E-state index in [2.05, 4.69) is 0 Å². The highest BCUT2D eigenvalue weighted by atomic mass is 16.4. The molecule has 0 bridgehead atoms. The van der Waals surface area contributed by atoms with E-state index in [0.29, 0.717) is 0 Å². The average molecular weight is 300 g/mol. The monoisotopic (exact) mass is 300 g/mol. The topological polar surface area (TPSA) is 112 Å². The largest absolute Gasteiger partial charge is 0.481 e. The number of hydrogen-bond acceptors (Lipinski definition) is 3. The van der Waals surface area contributed by atoms with Crippen molar-refractivity contribution in [3.8, 4) is 0 Å². The first kappa shape index (κ1) is 15.2. The molecule has 0 saturated carbocycles. The minimum absolute atomic E-state index is 0.0381. The van der Waals surface area contributed by atoms with Crippen molar-refractivity contribution in [2.24, 2.45) is 0 Å². The van der Waals surface area contributed by atoms with Gasteiger partial charge in [0.2, 0.25) is 0 Å². The predicted octanol–water partition coefficient (Wildman–Crippen LogP) is 2.30. The number of carboxylic acids is 3. The van der Waals surface area contributed by atoms with Gasteiger partial charge in [-0.05, 0) is 23.3 Å². The van der Waals surface area contributed by atoms with Crippen molar-refractivity contribution in [1.82, 2.24) is 0 Å². The van der Waals surface area contributed by atoms with E-state index in [-0.39, 0.29) is 22.3 Å². The van der Waals surface area contributed by atoms with E-state index in [1.54, 1.807) is 0 Å². The molecule has 0 atom stereocenters. The van der Waals surface area contributed by atoms with Gasteiger partial charge in [0.15, 0.2) is 0 Å². The van der Waals surface area contributed by atoms with Gasteiger partial charge in [-0.2, -0.15) is 0 Å². The van der Waals surface area contributed by atoms with E-state index in [4.69, 9.17) is 0 Å². The second-order valence-electron chi connectivity index (χ2n) is 4.56. The normalized spacial score (nSPS) is 10.4. The summed E-state index contributed by atoms with van der Waals surface area (Å²) in [6.45, 7) is 0. The third-order valence-electron chi connectivity index (χ3n) is 3.25. The fourth-order valence-corrected chi connectivity index (χ4v) is 2.32. The maximum absolute atomic E-state index is 11.7. The lowest BCUT2D eigenvalue weighted by Gasteiger charge is -2.17. The molecular weight excluding hydrogens is 288 g/mol. The highest BCUT2D eigenvalue weighted by molar-refractivity contribution is 5.96. The van der Waals surface area contributed by atoms with Crippen LogP contribution in [0.2, 0.25) is 0 Å². The first-order valence-electron chi connectivity index (χ1n) is 6.30. The van der Waals surface area contributed by atoms with E-state index in [9.17, 15) is 29.7 Å². The number of carbonyl (C=O) groups is 3. The van der Waals surface area contributed by atoms with Gasteiger partial charge in [0.1, 0.15) is 5.92 Å². The van der Waals surface area contributed by atoms with Gasteiger partial charge in [-0.3, -0.25) is 4.79 Å². The van der Waals surface area contributed by atoms with Crippen LogP contribution in [0.15, 0.2) is 48.5 Å². The summed E-state index contributed by atoms with van der Waals surface area (Å²) in [6.07, 6.45) is 0. The molecule has 0 spiro atoms. The summed E-state index contributed by atoms with van der Waals surface area (Å²) in [6, 6.07) is 11.3. The molecule has 0 unspecified atom stereocenters. The molecule has 6 heteroatoms. The first-order valence-corrected chi connectivity index (χ1v) is 6.30. The van der Waals surface area contributed by atoms with Gasteiger partial charge in [0.05, 0.1) is 11.1 Å². The Balaban J connectivity index is 2.71. The summed E-state index contributed by atoms with van der Waals surface area (Å²) in [4.78, 5) is 34.2. The van der Waals surface area contributed by atoms with E-state index in [1.165, 1.54) is 48.5 Å². The third kappa shape index (κ3) is 2.80. The van der Waals surface area contributed by atoms with Crippen LogP contribution in [0.5, 0.6) is 0 Å². The van der Waals surface area contributed by atoms with Crippen LogP contribution in [0, 0.1) is 0 Å². The SMILES string of the molecule is O=C(O)c1ccccc1C(C(=O)O)c1ccccc1C(=O)O. The molecule has 6 nitrogen and oxygen atoms in total. The first-order chi connectivity index (χ1) is 10.4. The molecule has 0 heterocycles. The van der Waals surface area contributed by atoms with Crippen LogP contribution in [-0.2, 0) is 4.79 Å². The van der Waals surface area contributed by atoms with Crippen LogP contribution in [-0.4, -0.2) is 33.2 Å². The molecule has 0 saturated heterocycles. The van der Waals surface area contributed by atoms with Gasteiger partial charge in [-0.25, -0.2) is 9.59 Å². The van der Waals surface area contributed by atoms with Crippen molar-refractivity contribution >= 4 is 17.9 Å². The zero-order chi connectivity index (χ0) is 16.3. The Bertz CT molecular complexity index is 692. The Hall–Kier alpha value is -3.15. The molecule has 0 amide bonds. The molecule has 0 radical (unpaired) electrons. The van der Waals surface area contributed by atoms with Gasteiger partial charge in [-0.1, -0.05) is 36.4 Å². The number of carboxylic acid groups (broad SMARTS) is 3. The average Bonchev–Trinajstić information content (AvgIpc) is 2.47. The third-order valence-corrected chi connectivity index (χ3v) is 3.25. The number of aliphatic carboxylic acids is 1. The summed E-state index contributed by atoms with van der Waals surface area (Å²) in [7, 11) is 0. The Labute approximate surface area is 125 Å². The van der Waals surface area contributed by atoms with Crippen LogP contribution in [0.4, 0.5) is 0 Å². The van der Waals surface area contributed by atoms with Crippen LogP contribution in [0.25, 0.3) is 0 Å². The van der Waals surface area contributed by atoms with Crippen molar-refractivity contribution in [2.75, 3.05) is 0 Å². The molecular formula is C16H12O6. The zero-order valence-electron chi connectivity index (χ0n) is 11.3. The van der Waals surface area contributed by atoms with Crippen LogP contribution >= 0.6 is 0 Å². The number of rotatable bonds is 5. The van der Waals surface area contributed by atoms with E-state index in [1.807, 2.05) is 0 Å². The predicted molar refractivity (Wildman–Crippen MR) is 76.3 cm³/mol. The summed E-state index contributed by atoms with van der Waals surface area (Å²) in [5.74, 6) is -5.23. The minimum Gasteiger partial charge on any atom is -0.481 e. The molecule has 3 N–H and O–H groups in total. The van der Waals surface area contributed by atoms with Crippen molar-refractivity contribution in [2.45, 2.75) is 5.92 Å². The fourth-order valence-electron chi connectivity index (χ4n) is 2.32. The van der Waals surface area contributed by atoms with Crippen LogP contribution in [0.3, 0.4) is 0 Å². The molecule has 2 rings (SSSR count). The molecule has 2 aromatic rings. The maximum Gasteiger partial charge on any atom is 0.336 e. The summed E-state index contributed by atoms with van der Waals surface area (Å²) >= 11 is 0. The Morgan fingerprint density at radius 3 is 1.36 bits per heavy atom. The van der Waals surface area contributed by atoms with Gasteiger partial charge in [-0.15, -0.1) is 0 Å². The molecule has 0 aliphatic rings. The summed E-state index contributed by atoms with van der Waals surface area (Å²) < 4.78 is 0. The molecule has 2 aromatic carbocycles.